The van der Waals surface area contributed by atoms with E-state index < -0.39 is 11.6 Å². The van der Waals surface area contributed by atoms with Crippen LogP contribution in [0.3, 0.4) is 0 Å². The molecule has 152 valence electrons. The van der Waals surface area contributed by atoms with Crippen LogP contribution in [0.15, 0.2) is 24.5 Å². The Kier molecular flexibility index (Phi) is 5.83. The normalized spacial score (nSPS) is 12.0. The summed E-state index contributed by atoms with van der Waals surface area (Å²) < 4.78 is 32.2. The van der Waals surface area contributed by atoms with Crippen LogP contribution in [0.25, 0.3) is 11.2 Å². The third-order valence-electron chi connectivity index (χ3n) is 4.27. The Balaban J connectivity index is 1.99. The van der Waals surface area contributed by atoms with Crippen LogP contribution in [-0.4, -0.2) is 53.4 Å². The van der Waals surface area contributed by atoms with E-state index in [1.807, 2.05) is 0 Å². The first kappa shape index (κ1) is 20.3. The average Bonchev–Trinajstić information content (AvgIpc) is 3.12. The summed E-state index contributed by atoms with van der Waals surface area (Å²) in [5.41, 5.74) is 1.19. The van der Waals surface area contributed by atoms with Crippen LogP contribution in [0.4, 0.5) is 14.5 Å². The molecule has 0 saturated heterocycles. The van der Waals surface area contributed by atoms with E-state index in [0.29, 0.717) is 12.3 Å². The molecule has 3 rings (SSSR count). The van der Waals surface area contributed by atoms with Crippen molar-refractivity contribution in [2.75, 3.05) is 26.1 Å². The fraction of sp³-hybridized carbons (Fsp3) is 0.263. The summed E-state index contributed by atoms with van der Waals surface area (Å²) in [6.07, 6.45) is 2.81. The standard InChI is InChI=1S/C19H20F2N6O2/c1-9(8-29-3)26-19(28)11-6-24-18-17(11)27-15(7-25-18)16(22)10-4-12(20)13(21)5-14(10)23-2/h4-7,9,22-23H,8H2,1-3H3,(H,24,25)(H,26,28)/t9-/m0/s1. The number of carbonyl (C=O) groups is 1. The minimum absolute atomic E-state index is 0.110. The monoisotopic (exact) mass is 402 g/mol. The van der Waals surface area contributed by atoms with Gasteiger partial charge in [0.15, 0.2) is 17.3 Å². The molecule has 10 heteroatoms. The molecule has 8 nitrogen and oxygen atoms in total. The Hall–Kier alpha value is -3.40. The number of hydrogen-bond acceptors (Lipinski definition) is 6. The van der Waals surface area contributed by atoms with Gasteiger partial charge in [0.25, 0.3) is 5.91 Å². The molecule has 0 saturated carbocycles. The third-order valence-corrected chi connectivity index (χ3v) is 4.27. The number of benzene rings is 1. The zero-order valence-corrected chi connectivity index (χ0v) is 16.1. The van der Waals surface area contributed by atoms with Gasteiger partial charge in [-0.1, -0.05) is 0 Å². The summed E-state index contributed by atoms with van der Waals surface area (Å²) in [5.74, 6) is -2.48. The van der Waals surface area contributed by atoms with Crippen molar-refractivity contribution in [2.45, 2.75) is 13.0 Å². The number of nitrogens with zero attached hydrogens (tertiary/aromatic N) is 2. The number of aromatic nitrogens is 3. The molecule has 1 atom stereocenters. The smallest absolute Gasteiger partial charge is 0.255 e. The maximum atomic E-state index is 13.7. The van der Waals surface area contributed by atoms with Gasteiger partial charge in [-0.3, -0.25) is 10.2 Å². The van der Waals surface area contributed by atoms with Crippen molar-refractivity contribution in [1.82, 2.24) is 20.3 Å². The molecule has 0 radical (unpaired) electrons. The van der Waals surface area contributed by atoms with Gasteiger partial charge < -0.3 is 20.4 Å². The number of rotatable bonds is 7. The Labute approximate surface area is 165 Å². The Morgan fingerprint density at radius 2 is 2.03 bits per heavy atom. The van der Waals surface area contributed by atoms with Gasteiger partial charge in [-0.25, -0.2) is 18.7 Å². The molecule has 0 unspecified atom stereocenters. The van der Waals surface area contributed by atoms with Gasteiger partial charge in [-0.15, -0.1) is 0 Å². The number of methoxy groups -OCH3 is 1. The zero-order valence-electron chi connectivity index (χ0n) is 16.1. The topological polar surface area (TPSA) is 116 Å². The summed E-state index contributed by atoms with van der Waals surface area (Å²) >= 11 is 0. The van der Waals surface area contributed by atoms with E-state index in [4.69, 9.17) is 10.1 Å². The van der Waals surface area contributed by atoms with Crippen LogP contribution in [0, 0.1) is 17.0 Å². The maximum Gasteiger partial charge on any atom is 0.255 e. The van der Waals surface area contributed by atoms with Crippen LogP contribution >= 0.6 is 0 Å². The SMILES string of the molecule is CNc1cc(F)c(F)cc1C(=N)c1cnc2[nH]cc(C(=O)N[C@@H](C)COC)c2n1. The van der Waals surface area contributed by atoms with E-state index in [2.05, 4.69) is 25.6 Å². The molecule has 0 aliphatic carbocycles. The summed E-state index contributed by atoms with van der Waals surface area (Å²) in [7, 11) is 3.07. The van der Waals surface area contributed by atoms with Crippen molar-refractivity contribution in [1.29, 1.82) is 5.41 Å². The molecular weight excluding hydrogens is 382 g/mol. The van der Waals surface area contributed by atoms with E-state index in [-0.39, 0.29) is 45.7 Å². The van der Waals surface area contributed by atoms with Crippen LogP contribution in [0.5, 0.6) is 0 Å². The van der Waals surface area contributed by atoms with Crippen molar-refractivity contribution >= 4 is 28.5 Å². The van der Waals surface area contributed by atoms with Crippen molar-refractivity contribution < 1.29 is 18.3 Å². The van der Waals surface area contributed by atoms with Crippen molar-refractivity contribution in [3.05, 3.63) is 53.0 Å². The molecular formula is C19H20F2N6O2. The molecule has 29 heavy (non-hydrogen) atoms. The zero-order chi connectivity index (χ0) is 21.1. The molecule has 0 aliphatic heterocycles. The lowest BCUT2D eigenvalue weighted by Crippen LogP contribution is -2.35. The van der Waals surface area contributed by atoms with Gasteiger partial charge in [0.1, 0.15) is 11.2 Å². The minimum atomic E-state index is -1.08. The van der Waals surface area contributed by atoms with E-state index in [0.717, 1.165) is 12.1 Å². The minimum Gasteiger partial charge on any atom is -0.387 e. The van der Waals surface area contributed by atoms with Crippen molar-refractivity contribution in [3.63, 3.8) is 0 Å². The van der Waals surface area contributed by atoms with E-state index in [9.17, 15) is 13.6 Å². The number of aromatic amines is 1. The van der Waals surface area contributed by atoms with Crippen LogP contribution in [0.1, 0.15) is 28.5 Å². The molecule has 2 heterocycles. The van der Waals surface area contributed by atoms with Gasteiger partial charge in [-0.2, -0.15) is 0 Å². The van der Waals surface area contributed by atoms with E-state index in [1.54, 1.807) is 6.92 Å². The quantitative estimate of drug-likeness (QED) is 0.453. The van der Waals surface area contributed by atoms with E-state index in [1.165, 1.54) is 26.6 Å². The molecule has 0 aliphatic rings. The second-order valence-electron chi connectivity index (χ2n) is 6.42. The number of hydrogen-bond donors (Lipinski definition) is 4. The molecule has 3 aromatic rings. The second-order valence-corrected chi connectivity index (χ2v) is 6.42. The highest BCUT2D eigenvalue weighted by atomic mass is 19.2. The van der Waals surface area contributed by atoms with Gasteiger partial charge in [0.2, 0.25) is 0 Å². The largest absolute Gasteiger partial charge is 0.387 e. The molecule has 1 aromatic carbocycles. The number of carbonyl (C=O) groups excluding carboxylic acids is 1. The fourth-order valence-corrected chi connectivity index (χ4v) is 2.88. The lowest BCUT2D eigenvalue weighted by atomic mass is 10.0. The maximum absolute atomic E-state index is 13.7. The molecule has 1 amide bonds. The highest BCUT2D eigenvalue weighted by Crippen LogP contribution is 2.23. The molecule has 4 N–H and O–H groups in total. The first-order valence-electron chi connectivity index (χ1n) is 8.75. The van der Waals surface area contributed by atoms with Gasteiger partial charge in [0, 0.05) is 43.7 Å². The van der Waals surface area contributed by atoms with E-state index >= 15 is 0 Å². The molecule has 0 bridgehead atoms. The number of amides is 1. The number of halogens is 2. The predicted octanol–water partition coefficient (Wildman–Crippen LogP) is 2.46. The Morgan fingerprint density at radius 3 is 2.72 bits per heavy atom. The Morgan fingerprint density at radius 1 is 1.31 bits per heavy atom. The molecule has 2 aromatic heterocycles. The molecule has 0 fully saturated rings. The summed E-state index contributed by atoms with van der Waals surface area (Å²) in [4.78, 5) is 23.9. The van der Waals surface area contributed by atoms with Crippen LogP contribution in [-0.2, 0) is 4.74 Å². The number of fused-ring (bicyclic) bond motifs is 1. The van der Waals surface area contributed by atoms with Gasteiger partial charge >= 0.3 is 0 Å². The van der Waals surface area contributed by atoms with Gasteiger partial charge in [0.05, 0.1) is 24.1 Å². The summed E-state index contributed by atoms with van der Waals surface area (Å²) in [5, 5.41) is 13.9. The van der Waals surface area contributed by atoms with Gasteiger partial charge in [-0.05, 0) is 13.0 Å². The summed E-state index contributed by atoms with van der Waals surface area (Å²) in [6, 6.07) is 1.68. The first-order valence-corrected chi connectivity index (χ1v) is 8.75. The Bertz CT molecular complexity index is 1080. The lowest BCUT2D eigenvalue weighted by Gasteiger charge is -2.12. The van der Waals surface area contributed by atoms with Crippen molar-refractivity contribution in [2.24, 2.45) is 0 Å². The average molecular weight is 402 g/mol. The molecule has 0 spiro atoms. The first-order chi connectivity index (χ1) is 13.8. The number of anilines is 1. The number of nitrogens with one attached hydrogen (secondary N) is 4. The second kappa shape index (κ2) is 8.31. The summed E-state index contributed by atoms with van der Waals surface area (Å²) in [6.45, 7) is 2.14. The highest BCUT2D eigenvalue weighted by molar-refractivity contribution is 6.14. The fourth-order valence-electron chi connectivity index (χ4n) is 2.88. The number of ether oxygens (including phenoxy) is 1. The number of H-pyrrole nitrogens is 1. The predicted molar refractivity (Wildman–Crippen MR) is 105 cm³/mol. The lowest BCUT2D eigenvalue weighted by molar-refractivity contribution is 0.0907. The van der Waals surface area contributed by atoms with Crippen LogP contribution < -0.4 is 10.6 Å². The van der Waals surface area contributed by atoms with Crippen molar-refractivity contribution in [3.8, 4) is 0 Å². The highest BCUT2D eigenvalue weighted by Gasteiger charge is 2.20. The van der Waals surface area contributed by atoms with Crippen LogP contribution in [0.2, 0.25) is 0 Å². The third kappa shape index (κ3) is 4.06.